The molecule has 0 spiro atoms. The summed E-state index contributed by atoms with van der Waals surface area (Å²) in [7, 11) is 0. The van der Waals surface area contributed by atoms with Crippen LogP contribution < -0.4 is 5.73 Å². The van der Waals surface area contributed by atoms with Gasteiger partial charge in [0.1, 0.15) is 0 Å². The summed E-state index contributed by atoms with van der Waals surface area (Å²) in [6.45, 7) is 6.24. The van der Waals surface area contributed by atoms with E-state index in [4.69, 9.17) is 5.73 Å². The Balaban J connectivity index is 2.10. The lowest BCUT2D eigenvalue weighted by Crippen LogP contribution is -2.36. The van der Waals surface area contributed by atoms with Crippen molar-refractivity contribution in [2.45, 2.75) is 39.3 Å². The minimum absolute atomic E-state index is 0.209. The highest BCUT2D eigenvalue weighted by molar-refractivity contribution is 5.29. The van der Waals surface area contributed by atoms with Crippen molar-refractivity contribution in [2.75, 3.05) is 0 Å². The highest BCUT2D eigenvalue weighted by Gasteiger charge is 2.24. The van der Waals surface area contributed by atoms with Crippen LogP contribution in [0.1, 0.15) is 35.3 Å². The molecule has 0 aliphatic heterocycles. The maximum absolute atomic E-state index is 10.6. The number of benzene rings is 2. The van der Waals surface area contributed by atoms with Gasteiger partial charge in [-0.2, -0.15) is 0 Å². The first kappa shape index (κ1) is 15.7. The van der Waals surface area contributed by atoms with E-state index < -0.39 is 6.10 Å². The second-order valence-corrected chi connectivity index (χ2v) is 5.99. The number of aryl methyl sites for hydroxylation is 2. The predicted octanol–water partition coefficient (Wildman–Crippen LogP) is 3.54. The maximum atomic E-state index is 10.6. The van der Waals surface area contributed by atoms with Crippen molar-refractivity contribution in [2.24, 2.45) is 11.7 Å². The monoisotopic (exact) mass is 283 g/mol. The van der Waals surface area contributed by atoms with Gasteiger partial charge in [0.25, 0.3) is 0 Å². The maximum Gasteiger partial charge on any atom is 0.0946 e. The molecule has 0 amide bonds. The molecule has 0 saturated heterocycles. The van der Waals surface area contributed by atoms with E-state index in [1.165, 1.54) is 11.1 Å². The number of aliphatic hydroxyl groups excluding tert-OH is 1. The molecule has 21 heavy (non-hydrogen) atoms. The third-order valence-corrected chi connectivity index (χ3v) is 4.33. The highest BCUT2D eigenvalue weighted by atomic mass is 16.3. The van der Waals surface area contributed by atoms with Gasteiger partial charge in [0.2, 0.25) is 0 Å². The molecular weight excluding hydrogens is 258 g/mol. The average molecular weight is 283 g/mol. The molecule has 0 bridgehead atoms. The molecule has 0 aromatic heterocycles. The zero-order chi connectivity index (χ0) is 15.4. The Morgan fingerprint density at radius 2 is 1.52 bits per heavy atom. The van der Waals surface area contributed by atoms with E-state index in [9.17, 15) is 5.11 Å². The van der Waals surface area contributed by atoms with Crippen LogP contribution in [-0.4, -0.2) is 11.1 Å². The smallest absolute Gasteiger partial charge is 0.0946 e. The van der Waals surface area contributed by atoms with Crippen LogP contribution in [0, 0.1) is 19.8 Å². The van der Waals surface area contributed by atoms with Crippen molar-refractivity contribution in [3.05, 3.63) is 70.8 Å². The van der Waals surface area contributed by atoms with Gasteiger partial charge in [0, 0.05) is 6.04 Å². The Labute approximate surface area is 127 Å². The highest BCUT2D eigenvalue weighted by Crippen LogP contribution is 2.25. The van der Waals surface area contributed by atoms with Crippen LogP contribution in [-0.2, 0) is 6.42 Å². The van der Waals surface area contributed by atoms with E-state index in [0.717, 1.165) is 17.5 Å². The fourth-order valence-corrected chi connectivity index (χ4v) is 2.76. The van der Waals surface area contributed by atoms with Crippen molar-refractivity contribution in [3.8, 4) is 0 Å². The first-order valence-corrected chi connectivity index (χ1v) is 7.54. The molecule has 0 aliphatic carbocycles. The molecule has 2 heteroatoms. The van der Waals surface area contributed by atoms with Gasteiger partial charge in [-0.25, -0.2) is 0 Å². The Morgan fingerprint density at radius 3 is 2.14 bits per heavy atom. The summed E-state index contributed by atoms with van der Waals surface area (Å²) in [5, 5.41) is 10.6. The number of hydrogen-bond donors (Lipinski definition) is 2. The van der Waals surface area contributed by atoms with Gasteiger partial charge >= 0.3 is 0 Å². The number of nitrogens with two attached hydrogens (primary N) is 1. The molecule has 0 heterocycles. The molecule has 2 aromatic carbocycles. The van der Waals surface area contributed by atoms with Crippen LogP contribution in [0.25, 0.3) is 0 Å². The van der Waals surface area contributed by atoms with Gasteiger partial charge < -0.3 is 10.8 Å². The van der Waals surface area contributed by atoms with Crippen LogP contribution in [0.4, 0.5) is 0 Å². The predicted molar refractivity (Wildman–Crippen MR) is 88.2 cm³/mol. The molecule has 0 saturated carbocycles. The van der Waals surface area contributed by atoms with E-state index in [-0.39, 0.29) is 12.0 Å². The zero-order valence-corrected chi connectivity index (χ0v) is 13.1. The lowest BCUT2D eigenvalue weighted by Gasteiger charge is -2.27. The SMILES string of the molecule is Cc1ccccc1CC(C)[C@@H](N)[C@H](O)c1ccccc1C. The van der Waals surface area contributed by atoms with Gasteiger partial charge in [-0.05, 0) is 48.4 Å². The van der Waals surface area contributed by atoms with Crippen molar-refractivity contribution < 1.29 is 5.11 Å². The van der Waals surface area contributed by atoms with Gasteiger partial charge in [-0.3, -0.25) is 0 Å². The van der Waals surface area contributed by atoms with Crippen molar-refractivity contribution >= 4 is 0 Å². The summed E-state index contributed by atoms with van der Waals surface area (Å²) in [4.78, 5) is 0. The largest absolute Gasteiger partial charge is 0.387 e. The van der Waals surface area contributed by atoms with Crippen molar-refractivity contribution in [1.29, 1.82) is 0 Å². The first-order chi connectivity index (χ1) is 10.0. The Kier molecular flexibility index (Phi) is 5.16. The van der Waals surface area contributed by atoms with Crippen LogP contribution in [0.2, 0.25) is 0 Å². The topological polar surface area (TPSA) is 46.2 Å². The third kappa shape index (κ3) is 3.72. The van der Waals surface area contributed by atoms with E-state index in [0.29, 0.717) is 0 Å². The lowest BCUT2D eigenvalue weighted by atomic mass is 9.86. The number of hydrogen-bond acceptors (Lipinski definition) is 2. The van der Waals surface area contributed by atoms with Gasteiger partial charge in [-0.1, -0.05) is 55.5 Å². The molecule has 112 valence electrons. The fraction of sp³-hybridized carbons (Fsp3) is 0.368. The van der Waals surface area contributed by atoms with Gasteiger partial charge in [-0.15, -0.1) is 0 Å². The molecule has 2 aromatic rings. The molecule has 0 fully saturated rings. The minimum Gasteiger partial charge on any atom is -0.387 e. The summed E-state index contributed by atoms with van der Waals surface area (Å²) in [5.74, 6) is 0.209. The second-order valence-electron chi connectivity index (χ2n) is 5.99. The molecule has 2 rings (SSSR count). The van der Waals surface area contributed by atoms with E-state index in [2.05, 4.69) is 32.0 Å². The summed E-state index contributed by atoms with van der Waals surface area (Å²) >= 11 is 0. The lowest BCUT2D eigenvalue weighted by molar-refractivity contribution is 0.121. The third-order valence-electron chi connectivity index (χ3n) is 4.33. The Hall–Kier alpha value is -1.64. The van der Waals surface area contributed by atoms with Gasteiger partial charge in [0.15, 0.2) is 0 Å². The normalized spacial score (nSPS) is 15.5. The molecule has 0 aliphatic rings. The summed E-state index contributed by atoms with van der Waals surface area (Å²) in [6, 6.07) is 16.0. The van der Waals surface area contributed by atoms with Crippen molar-refractivity contribution in [3.63, 3.8) is 0 Å². The fourth-order valence-electron chi connectivity index (χ4n) is 2.76. The standard InChI is InChI=1S/C19H25NO/c1-13-8-4-6-10-16(13)12-15(3)18(20)19(21)17-11-7-5-9-14(17)2/h4-11,15,18-19,21H,12,20H2,1-3H3/t15?,18-,19-/m1/s1. The van der Waals surface area contributed by atoms with Crippen molar-refractivity contribution in [1.82, 2.24) is 0 Å². The van der Waals surface area contributed by atoms with Gasteiger partial charge in [0.05, 0.1) is 6.10 Å². The minimum atomic E-state index is -0.620. The molecular formula is C19H25NO. The molecule has 3 N–H and O–H groups in total. The molecule has 0 radical (unpaired) electrons. The number of rotatable bonds is 5. The summed E-state index contributed by atoms with van der Waals surface area (Å²) < 4.78 is 0. The summed E-state index contributed by atoms with van der Waals surface area (Å²) in [5.41, 5.74) is 10.9. The molecule has 3 atom stereocenters. The average Bonchev–Trinajstić information content (AvgIpc) is 2.48. The van der Waals surface area contributed by atoms with E-state index in [1.807, 2.05) is 37.3 Å². The summed E-state index contributed by atoms with van der Waals surface area (Å²) in [6.07, 6.45) is 0.266. The zero-order valence-electron chi connectivity index (χ0n) is 13.1. The first-order valence-electron chi connectivity index (χ1n) is 7.54. The Morgan fingerprint density at radius 1 is 0.952 bits per heavy atom. The molecule has 1 unspecified atom stereocenters. The van der Waals surface area contributed by atoms with Crippen LogP contribution in [0.3, 0.4) is 0 Å². The van der Waals surface area contributed by atoms with E-state index >= 15 is 0 Å². The van der Waals surface area contributed by atoms with Crippen LogP contribution >= 0.6 is 0 Å². The van der Waals surface area contributed by atoms with Crippen LogP contribution in [0.15, 0.2) is 48.5 Å². The second kappa shape index (κ2) is 6.88. The molecule has 2 nitrogen and oxygen atoms in total. The quantitative estimate of drug-likeness (QED) is 0.881. The van der Waals surface area contributed by atoms with E-state index in [1.54, 1.807) is 0 Å². The van der Waals surface area contributed by atoms with Crippen LogP contribution in [0.5, 0.6) is 0 Å². The number of aliphatic hydroxyl groups is 1. The Bertz CT molecular complexity index is 594.